The van der Waals surface area contributed by atoms with Crippen LogP contribution in [0.1, 0.15) is 47.2 Å². The molecule has 1 spiro atoms. The summed E-state index contributed by atoms with van der Waals surface area (Å²) in [6.45, 7) is 1.79. The van der Waals surface area contributed by atoms with Gasteiger partial charge in [-0.25, -0.2) is 0 Å². The van der Waals surface area contributed by atoms with Gasteiger partial charge in [-0.2, -0.15) is 0 Å². The quantitative estimate of drug-likeness (QED) is 0.232. The maximum atomic E-state index is 14.3. The van der Waals surface area contributed by atoms with E-state index in [1.807, 2.05) is 0 Å². The Morgan fingerprint density at radius 3 is 2.49 bits per heavy atom. The van der Waals surface area contributed by atoms with E-state index in [-0.39, 0.29) is 71.1 Å². The summed E-state index contributed by atoms with van der Waals surface area (Å²) in [5.74, 6) is -3.40. The predicted molar refractivity (Wildman–Crippen MR) is 167 cm³/mol. The SMILES string of the molecule is COc1cc(OC)c2c(c1Cl)O[C@]1(C2=O)C(O)=C(C(CC(=O)NCCc2ccc(O)c(O)c2)c2ccc3c(c2)OCO3)C(=O)C[C@H]1C. The van der Waals surface area contributed by atoms with Crippen LogP contribution in [0, 0.1) is 5.92 Å². The smallest absolute Gasteiger partial charge is 0.231 e. The van der Waals surface area contributed by atoms with E-state index in [0.29, 0.717) is 29.0 Å². The molecule has 0 saturated heterocycles. The van der Waals surface area contributed by atoms with Crippen molar-refractivity contribution in [2.24, 2.45) is 5.92 Å². The van der Waals surface area contributed by atoms with E-state index in [2.05, 4.69) is 5.32 Å². The number of phenolic OH excluding ortho intramolecular Hbond substituents is 2. The fourth-order valence-corrected chi connectivity index (χ4v) is 6.65. The third kappa shape index (κ3) is 5.32. The molecular weight excluding hydrogens is 634 g/mol. The van der Waals surface area contributed by atoms with Crippen LogP contribution in [-0.2, 0) is 16.0 Å². The number of fused-ring (bicyclic) bond motifs is 2. The van der Waals surface area contributed by atoms with Crippen LogP contribution in [0.5, 0.6) is 40.2 Å². The van der Waals surface area contributed by atoms with Gasteiger partial charge >= 0.3 is 0 Å². The number of methoxy groups -OCH3 is 2. The highest BCUT2D eigenvalue weighted by Gasteiger charge is 2.61. The summed E-state index contributed by atoms with van der Waals surface area (Å²) < 4.78 is 28.1. The number of carbonyl (C=O) groups is 3. The number of carbonyl (C=O) groups excluding carboxylic acids is 3. The number of hydrogen-bond acceptors (Lipinski definition) is 11. The lowest BCUT2D eigenvalue weighted by Gasteiger charge is -2.38. The number of halogens is 1. The number of amides is 1. The third-order valence-electron chi connectivity index (χ3n) is 8.82. The average Bonchev–Trinajstić information content (AvgIpc) is 3.65. The number of ketones is 2. The standard InChI is InChI=1S/C34H32ClNO11/c1-16-10-22(39)28(32(41)34(16)33(42)29-25(43-2)14-26(44-3)30(35)31(29)47-34)19(18-5-7-23-24(12-18)46-15-45-23)13-27(40)36-9-8-17-4-6-20(37)21(38)11-17/h4-7,11-12,14,16,19,37-38,41H,8-10,13,15H2,1-3H3,(H,36,40)/t16-,19?,34+/m1/s1. The molecule has 3 aromatic carbocycles. The molecule has 6 rings (SSSR count). The van der Waals surface area contributed by atoms with Crippen LogP contribution in [0.2, 0.25) is 5.02 Å². The van der Waals surface area contributed by atoms with Crippen molar-refractivity contribution in [3.63, 3.8) is 0 Å². The lowest BCUT2D eigenvalue weighted by molar-refractivity contribution is -0.121. The predicted octanol–water partition coefficient (Wildman–Crippen LogP) is 4.76. The van der Waals surface area contributed by atoms with Gasteiger partial charge in [0.25, 0.3) is 0 Å². The summed E-state index contributed by atoms with van der Waals surface area (Å²) in [4.78, 5) is 41.5. The van der Waals surface area contributed by atoms with Crippen molar-refractivity contribution in [1.29, 1.82) is 0 Å². The Bertz CT molecular complexity index is 1840. The molecule has 2 aliphatic heterocycles. The number of phenols is 2. The van der Waals surface area contributed by atoms with Gasteiger partial charge in [-0.3, -0.25) is 14.4 Å². The maximum Gasteiger partial charge on any atom is 0.231 e. The molecule has 0 bridgehead atoms. The number of ether oxygens (including phenoxy) is 5. The van der Waals surface area contributed by atoms with Crippen molar-refractivity contribution < 1.29 is 53.4 Å². The third-order valence-corrected chi connectivity index (χ3v) is 9.18. The number of aliphatic hydroxyl groups is 1. The lowest BCUT2D eigenvalue weighted by Crippen LogP contribution is -2.53. The van der Waals surface area contributed by atoms with E-state index >= 15 is 0 Å². The molecule has 3 aliphatic rings. The zero-order valence-corrected chi connectivity index (χ0v) is 26.5. The minimum Gasteiger partial charge on any atom is -0.507 e. The molecule has 1 amide bonds. The van der Waals surface area contributed by atoms with Crippen molar-refractivity contribution in [3.8, 4) is 40.2 Å². The minimum absolute atomic E-state index is 0.000575. The van der Waals surface area contributed by atoms with E-state index in [9.17, 15) is 29.7 Å². The molecule has 3 atom stereocenters. The molecule has 0 saturated carbocycles. The molecule has 2 heterocycles. The molecule has 1 unspecified atom stereocenters. The van der Waals surface area contributed by atoms with E-state index < -0.39 is 40.7 Å². The van der Waals surface area contributed by atoms with Crippen LogP contribution in [-0.4, -0.2) is 66.0 Å². The molecule has 13 heteroatoms. The normalized spacial score (nSPS) is 20.2. The van der Waals surface area contributed by atoms with Gasteiger partial charge in [0.05, 0.1) is 14.2 Å². The van der Waals surface area contributed by atoms with Crippen LogP contribution in [0.25, 0.3) is 0 Å². The number of hydrogen-bond donors (Lipinski definition) is 4. The highest BCUT2D eigenvalue weighted by Crippen LogP contribution is 2.56. The molecule has 12 nitrogen and oxygen atoms in total. The molecule has 0 fully saturated rings. The van der Waals surface area contributed by atoms with Gasteiger partial charge in [0.1, 0.15) is 22.1 Å². The fourth-order valence-electron chi connectivity index (χ4n) is 6.38. The molecule has 4 N–H and O–H groups in total. The Morgan fingerprint density at radius 1 is 1.02 bits per heavy atom. The first-order valence-electron chi connectivity index (χ1n) is 14.8. The molecule has 3 aromatic rings. The summed E-state index contributed by atoms with van der Waals surface area (Å²) in [5, 5.41) is 34.2. The number of allylic oxidation sites excluding steroid dienone is 1. The second-order valence-electron chi connectivity index (χ2n) is 11.5. The summed E-state index contributed by atoms with van der Waals surface area (Å²) in [6, 6.07) is 10.8. The van der Waals surface area contributed by atoms with Crippen LogP contribution >= 0.6 is 11.6 Å². The highest BCUT2D eigenvalue weighted by atomic mass is 35.5. The summed E-state index contributed by atoms with van der Waals surface area (Å²) in [6.07, 6.45) is -0.118. The summed E-state index contributed by atoms with van der Waals surface area (Å²) in [7, 11) is 2.77. The van der Waals surface area contributed by atoms with Gasteiger partial charge in [-0.15, -0.1) is 0 Å². The second kappa shape index (κ2) is 12.3. The van der Waals surface area contributed by atoms with E-state index in [0.717, 1.165) is 0 Å². The number of aliphatic hydroxyl groups excluding tert-OH is 1. The molecule has 246 valence electrons. The van der Waals surface area contributed by atoms with E-state index in [1.54, 1.807) is 31.2 Å². The van der Waals surface area contributed by atoms with Crippen molar-refractivity contribution in [2.75, 3.05) is 27.6 Å². The Labute approximate surface area is 274 Å². The van der Waals surface area contributed by atoms with E-state index in [1.165, 1.54) is 32.4 Å². The Kier molecular flexibility index (Phi) is 8.31. The van der Waals surface area contributed by atoms with Crippen molar-refractivity contribution in [1.82, 2.24) is 5.32 Å². The summed E-state index contributed by atoms with van der Waals surface area (Å²) >= 11 is 6.57. The van der Waals surface area contributed by atoms with Gasteiger partial charge < -0.3 is 44.3 Å². The Morgan fingerprint density at radius 2 is 1.77 bits per heavy atom. The van der Waals surface area contributed by atoms with Gasteiger partial charge in [0.2, 0.25) is 24.1 Å². The highest BCUT2D eigenvalue weighted by molar-refractivity contribution is 6.35. The first kappa shape index (κ1) is 31.9. The number of rotatable bonds is 9. The van der Waals surface area contributed by atoms with Gasteiger partial charge in [-0.1, -0.05) is 30.7 Å². The number of nitrogens with one attached hydrogen (secondary N) is 1. The van der Waals surface area contributed by atoms with Crippen LogP contribution in [0.15, 0.2) is 53.8 Å². The number of Topliss-reactive ketones (excluding diaryl/α,β-unsaturated/α-hetero) is 2. The fraction of sp³-hybridized carbons (Fsp3) is 0.324. The molecule has 47 heavy (non-hydrogen) atoms. The average molecular weight is 666 g/mol. The Hall–Kier alpha value is -5.10. The zero-order chi connectivity index (χ0) is 33.6. The van der Waals surface area contributed by atoms with Crippen molar-refractivity contribution >= 4 is 29.1 Å². The topological polar surface area (TPSA) is 170 Å². The molecule has 0 aromatic heterocycles. The monoisotopic (exact) mass is 665 g/mol. The van der Waals surface area contributed by atoms with Crippen LogP contribution in [0.3, 0.4) is 0 Å². The molecule has 0 radical (unpaired) electrons. The largest absolute Gasteiger partial charge is 0.507 e. The second-order valence-corrected chi connectivity index (χ2v) is 11.9. The first-order valence-corrected chi connectivity index (χ1v) is 15.2. The maximum absolute atomic E-state index is 14.3. The van der Waals surface area contributed by atoms with Crippen molar-refractivity contribution in [2.45, 2.75) is 37.7 Å². The molecule has 1 aliphatic carbocycles. The van der Waals surface area contributed by atoms with Crippen molar-refractivity contribution in [3.05, 3.63) is 75.5 Å². The van der Waals surface area contributed by atoms with E-state index in [4.69, 9.17) is 35.3 Å². The number of aromatic hydroxyl groups is 2. The van der Waals surface area contributed by atoms with Crippen LogP contribution in [0.4, 0.5) is 0 Å². The first-order chi connectivity index (χ1) is 22.5. The van der Waals surface area contributed by atoms with Gasteiger partial charge in [0, 0.05) is 42.9 Å². The zero-order valence-electron chi connectivity index (χ0n) is 25.7. The van der Waals surface area contributed by atoms with Crippen LogP contribution < -0.4 is 29.0 Å². The molecular formula is C34H32ClNO11. The summed E-state index contributed by atoms with van der Waals surface area (Å²) in [5.41, 5.74) is -1.03. The lowest BCUT2D eigenvalue weighted by atomic mass is 9.69. The van der Waals surface area contributed by atoms with Gasteiger partial charge in [-0.05, 0) is 41.8 Å². The Balaban J connectivity index is 1.39. The van der Waals surface area contributed by atoms with Gasteiger partial charge in [0.15, 0.2) is 40.3 Å². The minimum atomic E-state index is -2.03. The number of benzene rings is 3.